The van der Waals surface area contributed by atoms with E-state index in [4.69, 9.17) is 5.73 Å². The van der Waals surface area contributed by atoms with Gasteiger partial charge in [0.05, 0.1) is 12.3 Å². The number of nitrogens with zero attached hydrogens (tertiary/aromatic N) is 3. The van der Waals surface area contributed by atoms with Crippen LogP contribution in [0.15, 0.2) is 23.3 Å². The average Bonchev–Trinajstić information content (AvgIpc) is 2.64. The van der Waals surface area contributed by atoms with E-state index in [1.54, 1.807) is 12.3 Å². The van der Waals surface area contributed by atoms with Gasteiger partial charge in [-0.15, -0.1) is 0 Å². The van der Waals surface area contributed by atoms with Gasteiger partial charge in [0, 0.05) is 45.0 Å². The number of primary amides is 1. The zero-order valence-electron chi connectivity index (χ0n) is 15.2. The minimum atomic E-state index is -4.21. The predicted octanol–water partition coefficient (Wildman–Crippen LogP) is 1.40. The number of nitrogens with two attached hydrogens (primary N) is 1. The first-order chi connectivity index (χ1) is 12.8. The van der Waals surface area contributed by atoms with Crippen molar-refractivity contribution in [3.63, 3.8) is 0 Å². The number of rotatable bonds is 6. The van der Waals surface area contributed by atoms with Crippen molar-refractivity contribution in [1.82, 2.24) is 15.6 Å². The molecular weight excluding hydrogens is 361 g/mol. The van der Waals surface area contributed by atoms with Crippen LogP contribution in [0.3, 0.4) is 0 Å². The van der Waals surface area contributed by atoms with Crippen LogP contribution in [0.2, 0.25) is 0 Å². The van der Waals surface area contributed by atoms with Crippen molar-refractivity contribution >= 4 is 17.7 Å². The van der Waals surface area contributed by atoms with Crippen molar-refractivity contribution < 1.29 is 18.0 Å². The fraction of sp³-hybridized carbons (Fsp3) is 0.588. The highest BCUT2D eigenvalue weighted by Crippen LogP contribution is 2.24. The Kier molecular flexibility index (Phi) is 7.26. The number of anilines is 1. The molecule has 0 saturated carbocycles. The molecule has 4 N–H and O–H groups in total. The molecule has 150 valence electrons. The SMILES string of the molecule is CN=C(NCCC(F)(F)F)NCc1cccnc1N1CCCC(C(N)=O)C1. The van der Waals surface area contributed by atoms with E-state index in [0.717, 1.165) is 30.8 Å². The molecule has 1 aromatic rings. The Bertz CT molecular complexity index is 664. The number of aromatic nitrogens is 1. The Morgan fingerprint density at radius 2 is 2.22 bits per heavy atom. The molecule has 0 aliphatic carbocycles. The lowest BCUT2D eigenvalue weighted by Gasteiger charge is -2.33. The maximum absolute atomic E-state index is 12.3. The predicted molar refractivity (Wildman–Crippen MR) is 97.2 cm³/mol. The largest absolute Gasteiger partial charge is 0.390 e. The highest BCUT2D eigenvalue weighted by Gasteiger charge is 2.27. The van der Waals surface area contributed by atoms with E-state index in [1.807, 2.05) is 11.0 Å². The highest BCUT2D eigenvalue weighted by molar-refractivity contribution is 5.80. The van der Waals surface area contributed by atoms with E-state index >= 15 is 0 Å². The maximum Gasteiger partial charge on any atom is 0.390 e. The second-order valence-electron chi connectivity index (χ2n) is 6.39. The lowest BCUT2D eigenvalue weighted by atomic mass is 9.97. The van der Waals surface area contributed by atoms with Crippen molar-refractivity contribution in [2.45, 2.75) is 32.0 Å². The van der Waals surface area contributed by atoms with Crippen molar-refractivity contribution in [1.29, 1.82) is 0 Å². The van der Waals surface area contributed by atoms with Gasteiger partial charge in [-0.25, -0.2) is 4.98 Å². The Balaban J connectivity index is 1.98. The number of carbonyl (C=O) groups is 1. The zero-order valence-corrected chi connectivity index (χ0v) is 15.2. The van der Waals surface area contributed by atoms with E-state index in [9.17, 15) is 18.0 Å². The van der Waals surface area contributed by atoms with Crippen LogP contribution in [-0.2, 0) is 11.3 Å². The third-order valence-electron chi connectivity index (χ3n) is 4.36. The molecule has 1 amide bonds. The molecule has 0 aromatic carbocycles. The first kappa shape index (κ1) is 20.8. The van der Waals surface area contributed by atoms with E-state index in [-0.39, 0.29) is 24.3 Å². The Morgan fingerprint density at radius 1 is 1.44 bits per heavy atom. The average molecular weight is 386 g/mol. The van der Waals surface area contributed by atoms with Gasteiger partial charge < -0.3 is 21.3 Å². The van der Waals surface area contributed by atoms with Crippen LogP contribution in [0.25, 0.3) is 0 Å². The number of halogens is 3. The number of alkyl halides is 3. The number of hydrogen-bond donors (Lipinski definition) is 3. The van der Waals surface area contributed by atoms with Crippen molar-refractivity contribution in [3.8, 4) is 0 Å². The van der Waals surface area contributed by atoms with Gasteiger partial charge in [0.1, 0.15) is 5.82 Å². The third kappa shape index (κ3) is 6.61. The fourth-order valence-electron chi connectivity index (χ4n) is 2.98. The third-order valence-corrected chi connectivity index (χ3v) is 4.36. The molecule has 0 radical (unpaired) electrons. The summed E-state index contributed by atoms with van der Waals surface area (Å²) in [6.45, 7) is 1.37. The minimum Gasteiger partial charge on any atom is -0.369 e. The molecule has 0 spiro atoms. The highest BCUT2D eigenvalue weighted by atomic mass is 19.4. The van der Waals surface area contributed by atoms with Crippen LogP contribution in [0.4, 0.5) is 19.0 Å². The molecule has 1 aromatic heterocycles. The summed E-state index contributed by atoms with van der Waals surface area (Å²) in [6, 6.07) is 3.67. The number of carbonyl (C=O) groups excluding carboxylic acids is 1. The monoisotopic (exact) mass is 386 g/mol. The molecule has 2 rings (SSSR count). The van der Waals surface area contributed by atoms with E-state index in [2.05, 4.69) is 20.6 Å². The first-order valence-electron chi connectivity index (χ1n) is 8.79. The quantitative estimate of drug-likeness (QED) is 0.507. The standard InChI is InChI=1S/C17H25F3N6O/c1-22-16(24-8-6-17(18,19)20)25-10-12-4-2-7-23-15(12)26-9-3-5-13(11-26)14(21)27/h2,4,7,13H,3,5-6,8-11H2,1H3,(H2,21,27)(H2,22,24,25). The van der Waals surface area contributed by atoms with Gasteiger partial charge in [0.2, 0.25) is 5.91 Å². The smallest absolute Gasteiger partial charge is 0.369 e. The molecule has 10 heteroatoms. The van der Waals surface area contributed by atoms with Gasteiger partial charge in [-0.3, -0.25) is 9.79 Å². The molecule has 7 nitrogen and oxygen atoms in total. The topological polar surface area (TPSA) is 95.6 Å². The number of pyridine rings is 1. The summed E-state index contributed by atoms with van der Waals surface area (Å²) in [5, 5.41) is 5.64. The maximum atomic E-state index is 12.3. The molecule has 1 aliphatic rings. The number of aliphatic imine (C=N–C) groups is 1. The van der Waals surface area contributed by atoms with Crippen LogP contribution in [0.5, 0.6) is 0 Å². The van der Waals surface area contributed by atoms with E-state index in [0.29, 0.717) is 13.1 Å². The van der Waals surface area contributed by atoms with Gasteiger partial charge in [-0.1, -0.05) is 6.07 Å². The summed E-state index contributed by atoms with van der Waals surface area (Å²) in [4.78, 5) is 21.9. The number of amides is 1. The summed E-state index contributed by atoms with van der Waals surface area (Å²) < 4.78 is 36.8. The van der Waals surface area contributed by atoms with Gasteiger partial charge in [-0.05, 0) is 18.9 Å². The Hall–Kier alpha value is -2.52. The van der Waals surface area contributed by atoms with E-state index in [1.165, 1.54) is 7.05 Å². The van der Waals surface area contributed by atoms with Gasteiger partial charge in [-0.2, -0.15) is 13.2 Å². The molecule has 1 aliphatic heterocycles. The van der Waals surface area contributed by atoms with Gasteiger partial charge in [0.25, 0.3) is 0 Å². The molecule has 1 atom stereocenters. The molecule has 1 saturated heterocycles. The summed E-state index contributed by atoms with van der Waals surface area (Å²) in [7, 11) is 1.50. The first-order valence-corrected chi connectivity index (χ1v) is 8.79. The van der Waals surface area contributed by atoms with Crippen molar-refractivity contribution in [2.75, 3.05) is 31.6 Å². The molecule has 0 bridgehead atoms. The minimum absolute atomic E-state index is 0.210. The number of hydrogen-bond acceptors (Lipinski definition) is 4. The van der Waals surface area contributed by atoms with E-state index < -0.39 is 12.6 Å². The van der Waals surface area contributed by atoms with Crippen LogP contribution < -0.4 is 21.3 Å². The lowest BCUT2D eigenvalue weighted by molar-refractivity contribution is -0.132. The summed E-state index contributed by atoms with van der Waals surface area (Å²) in [6.07, 6.45) is -1.87. The van der Waals surface area contributed by atoms with Crippen LogP contribution in [0.1, 0.15) is 24.8 Å². The summed E-state index contributed by atoms with van der Waals surface area (Å²) in [5.74, 6) is 0.493. The van der Waals surface area contributed by atoms with Crippen LogP contribution in [-0.4, -0.2) is 49.7 Å². The Morgan fingerprint density at radius 3 is 2.89 bits per heavy atom. The normalized spacial score (nSPS) is 18.3. The Labute approximate surface area is 156 Å². The number of guanidine groups is 1. The second kappa shape index (κ2) is 9.43. The lowest BCUT2D eigenvalue weighted by Crippen LogP contribution is -2.42. The number of nitrogens with one attached hydrogen (secondary N) is 2. The second-order valence-corrected chi connectivity index (χ2v) is 6.39. The number of piperidine rings is 1. The van der Waals surface area contributed by atoms with Crippen LogP contribution in [0, 0.1) is 5.92 Å². The van der Waals surface area contributed by atoms with Gasteiger partial charge >= 0.3 is 6.18 Å². The fourth-order valence-corrected chi connectivity index (χ4v) is 2.98. The van der Waals surface area contributed by atoms with Crippen molar-refractivity contribution in [2.24, 2.45) is 16.6 Å². The van der Waals surface area contributed by atoms with Gasteiger partial charge in [0.15, 0.2) is 5.96 Å². The zero-order chi connectivity index (χ0) is 19.9. The summed E-state index contributed by atoms with van der Waals surface area (Å²) >= 11 is 0. The molecule has 1 fully saturated rings. The molecular formula is C17H25F3N6O. The molecule has 2 heterocycles. The summed E-state index contributed by atoms with van der Waals surface area (Å²) in [5.41, 5.74) is 6.30. The van der Waals surface area contributed by atoms with Crippen LogP contribution >= 0.6 is 0 Å². The molecule has 27 heavy (non-hydrogen) atoms. The van der Waals surface area contributed by atoms with Crippen molar-refractivity contribution in [3.05, 3.63) is 23.9 Å². The molecule has 1 unspecified atom stereocenters.